The first-order valence-electron chi connectivity index (χ1n) is 9.76. The molecule has 0 saturated heterocycles. The van der Waals surface area contributed by atoms with E-state index in [1.165, 1.54) is 5.56 Å². The molecule has 3 aromatic rings. The molecule has 2 aromatic carbocycles. The van der Waals surface area contributed by atoms with Gasteiger partial charge in [0.25, 0.3) is 5.91 Å². The molecular weight excluding hydrogens is 366 g/mol. The van der Waals surface area contributed by atoms with Crippen molar-refractivity contribution < 1.29 is 14.3 Å². The lowest BCUT2D eigenvalue weighted by Crippen LogP contribution is -2.35. The molecule has 0 spiro atoms. The molecule has 0 unspecified atom stereocenters. The number of fused-ring (bicyclic) bond motifs is 2. The molecule has 0 radical (unpaired) electrons. The molecule has 0 fully saturated rings. The van der Waals surface area contributed by atoms with Crippen LogP contribution < -0.4 is 19.7 Å². The number of hydrogen-bond acceptors (Lipinski definition) is 5. The second kappa shape index (κ2) is 7.47. The monoisotopic (exact) mass is 387 g/mol. The van der Waals surface area contributed by atoms with Crippen molar-refractivity contribution in [3.05, 3.63) is 77.5 Å². The van der Waals surface area contributed by atoms with Gasteiger partial charge >= 0.3 is 0 Å². The molecular formula is C23H21N3O3. The highest BCUT2D eigenvalue weighted by Crippen LogP contribution is 2.32. The number of rotatable bonds is 4. The first-order valence-corrected chi connectivity index (χ1v) is 9.76. The van der Waals surface area contributed by atoms with Crippen LogP contribution in [-0.2, 0) is 13.0 Å². The summed E-state index contributed by atoms with van der Waals surface area (Å²) in [4.78, 5) is 19.4. The summed E-state index contributed by atoms with van der Waals surface area (Å²) >= 11 is 0. The number of benzene rings is 2. The Morgan fingerprint density at radius 1 is 1.07 bits per heavy atom. The van der Waals surface area contributed by atoms with E-state index in [1.807, 2.05) is 47.4 Å². The number of carbonyl (C=O) groups is 1. The standard InChI is InChI=1S/C23H21N3O3/c27-23(26-11-3-5-17-4-1-2-6-19(17)26)18-9-10-24-22(13-18)25-14-16-7-8-20-21(12-16)29-15-28-20/h1-2,4,6-10,12-13H,3,5,11,14-15H2,(H,24,25). The summed E-state index contributed by atoms with van der Waals surface area (Å²) < 4.78 is 10.8. The van der Waals surface area contributed by atoms with Crippen LogP contribution in [0.5, 0.6) is 11.5 Å². The normalized spacial score (nSPS) is 14.4. The van der Waals surface area contributed by atoms with Gasteiger partial charge in [-0.2, -0.15) is 0 Å². The quantitative estimate of drug-likeness (QED) is 0.733. The van der Waals surface area contributed by atoms with Gasteiger partial charge in [-0.05, 0) is 54.3 Å². The number of para-hydroxylation sites is 1. The van der Waals surface area contributed by atoms with Crippen molar-refractivity contribution >= 4 is 17.4 Å². The molecule has 3 heterocycles. The lowest BCUT2D eigenvalue weighted by atomic mass is 10.0. The summed E-state index contributed by atoms with van der Waals surface area (Å²) in [6, 6.07) is 17.5. The van der Waals surface area contributed by atoms with Gasteiger partial charge in [-0.15, -0.1) is 0 Å². The summed E-state index contributed by atoms with van der Waals surface area (Å²) in [5.74, 6) is 2.19. The summed E-state index contributed by atoms with van der Waals surface area (Å²) in [5.41, 5.74) is 3.92. The SMILES string of the molecule is O=C(c1ccnc(NCc2ccc3c(c2)OCO3)c1)N1CCCc2ccccc21. The maximum Gasteiger partial charge on any atom is 0.258 e. The molecule has 146 valence electrons. The molecule has 29 heavy (non-hydrogen) atoms. The van der Waals surface area contributed by atoms with E-state index in [1.54, 1.807) is 12.3 Å². The van der Waals surface area contributed by atoms with E-state index in [4.69, 9.17) is 9.47 Å². The molecule has 0 saturated carbocycles. The fraction of sp³-hybridized carbons (Fsp3) is 0.217. The van der Waals surface area contributed by atoms with Crippen LogP contribution >= 0.6 is 0 Å². The van der Waals surface area contributed by atoms with Crippen LogP contribution in [0.25, 0.3) is 0 Å². The Bertz CT molecular complexity index is 1070. The van der Waals surface area contributed by atoms with E-state index in [-0.39, 0.29) is 12.7 Å². The van der Waals surface area contributed by atoms with Crippen molar-refractivity contribution in [2.24, 2.45) is 0 Å². The average molecular weight is 387 g/mol. The summed E-state index contributed by atoms with van der Waals surface area (Å²) in [5, 5.41) is 3.29. The highest BCUT2D eigenvalue weighted by Gasteiger charge is 2.23. The molecule has 6 nitrogen and oxygen atoms in total. The topological polar surface area (TPSA) is 63.7 Å². The largest absolute Gasteiger partial charge is 0.454 e. The molecule has 1 aromatic heterocycles. The second-order valence-electron chi connectivity index (χ2n) is 7.16. The van der Waals surface area contributed by atoms with Crippen LogP contribution in [0.15, 0.2) is 60.8 Å². The third-order valence-corrected chi connectivity index (χ3v) is 5.27. The average Bonchev–Trinajstić information content (AvgIpc) is 3.25. The maximum absolute atomic E-state index is 13.2. The minimum Gasteiger partial charge on any atom is -0.454 e. The Kier molecular flexibility index (Phi) is 4.52. The van der Waals surface area contributed by atoms with Crippen LogP contribution in [0.1, 0.15) is 27.9 Å². The fourth-order valence-electron chi connectivity index (χ4n) is 3.80. The first kappa shape index (κ1) is 17.6. The third kappa shape index (κ3) is 3.49. The minimum atomic E-state index is 0.00526. The second-order valence-corrected chi connectivity index (χ2v) is 7.16. The number of carbonyl (C=O) groups excluding carboxylic acids is 1. The van der Waals surface area contributed by atoms with Gasteiger partial charge in [-0.1, -0.05) is 24.3 Å². The van der Waals surface area contributed by atoms with Gasteiger partial charge in [0.15, 0.2) is 11.5 Å². The molecule has 0 bridgehead atoms. The van der Waals surface area contributed by atoms with E-state index < -0.39 is 0 Å². The summed E-state index contributed by atoms with van der Waals surface area (Å²) in [6.07, 6.45) is 3.66. The van der Waals surface area contributed by atoms with Crippen molar-refractivity contribution in [1.82, 2.24) is 4.98 Å². The summed E-state index contributed by atoms with van der Waals surface area (Å²) in [6.45, 7) is 1.57. The number of nitrogens with one attached hydrogen (secondary N) is 1. The van der Waals surface area contributed by atoms with Gasteiger partial charge in [-0.3, -0.25) is 4.79 Å². The number of anilines is 2. The molecule has 0 aliphatic carbocycles. The van der Waals surface area contributed by atoms with Gasteiger partial charge in [0.2, 0.25) is 6.79 Å². The van der Waals surface area contributed by atoms with Gasteiger partial charge in [0.1, 0.15) is 5.82 Å². The van der Waals surface area contributed by atoms with Crippen molar-refractivity contribution in [2.45, 2.75) is 19.4 Å². The lowest BCUT2D eigenvalue weighted by molar-refractivity contribution is 0.0985. The van der Waals surface area contributed by atoms with Gasteiger partial charge in [0, 0.05) is 30.5 Å². The zero-order chi connectivity index (χ0) is 19.6. The van der Waals surface area contributed by atoms with Crippen LogP contribution in [0, 0.1) is 0 Å². The number of aryl methyl sites for hydroxylation is 1. The van der Waals surface area contributed by atoms with E-state index in [2.05, 4.69) is 16.4 Å². The smallest absolute Gasteiger partial charge is 0.258 e. The molecule has 6 heteroatoms. The van der Waals surface area contributed by atoms with E-state index in [0.29, 0.717) is 17.9 Å². The Hall–Kier alpha value is -3.54. The van der Waals surface area contributed by atoms with E-state index >= 15 is 0 Å². The van der Waals surface area contributed by atoms with Crippen LogP contribution in [0.2, 0.25) is 0 Å². The molecule has 2 aliphatic heterocycles. The Morgan fingerprint density at radius 2 is 1.97 bits per heavy atom. The van der Waals surface area contributed by atoms with Gasteiger partial charge < -0.3 is 19.7 Å². The predicted molar refractivity (Wildman–Crippen MR) is 111 cm³/mol. The highest BCUT2D eigenvalue weighted by molar-refractivity contribution is 6.07. The van der Waals surface area contributed by atoms with Crippen molar-refractivity contribution in [2.75, 3.05) is 23.6 Å². The van der Waals surface area contributed by atoms with Crippen LogP contribution in [-0.4, -0.2) is 24.2 Å². The van der Waals surface area contributed by atoms with Crippen molar-refractivity contribution in [3.63, 3.8) is 0 Å². The Balaban J connectivity index is 1.32. The highest BCUT2D eigenvalue weighted by atomic mass is 16.7. The lowest BCUT2D eigenvalue weighted by Gasteiger charge is -2.29. The number of nitrogens with zero attached hydrogens (tertiary/aromatic N) is 2. The Morgan fingerprint density at radius 3 is 2.93 bits per heavy atom. The van der Waals surface area contributed by atoms with E-state index in [0.717, 1.165) is 42.1 Å². The van der Waals surface area contributed by atoms with Crippen LogP contribution in [0.4, 0.5) is 11.5 Å². The van der Waals surface area contributed by atoms with Crippen molar-refractivity contribution in [3.8, 4) is 11.5 Å². The molecule has 1 N–H and O–H groups in total. The molecule has 5 rings (SSSR count). The maximum atomic E-state index is 13.2. The van der Waals surface area contributed by atoms with Crippen molar-refractivity contribution in [1.29, 1.82) is 0 Å². The Labute approximate surface area is 169 Å². The number of ether oxygens (including phenoxy) is 2. The van der Waals surface area contributed by atoms with Gasteiger partial charge in [0.05, 0.1) is 0 Å². The predicted octanol–water partition coefficient (Wildman–Crippen LogP) is 4.02. The molecule has 1 amide bonds. The van der Waals surface area contributed by atoms with E-state index in [9.17, 15) is 4.79 Å². The number of hydrogen-bond donors (Lipinski definition) is 1. The first-order chi connectivity index (χ1) is 14.3. The van der Waals surface area contributed by atoms with Crippen LogP contribution in [0.3, 0.4) is 0 Å². The fourth-order valence-corrected chi connectivity index (χ4v) is 3.80. The number of pyridine rings is 1. The molecule has 2 aliphatic rings. The minimum absolute atomic E-state index is 0.00526. The third-order valence-electron chi connectivity index (χ3n) is 5.27. The number of aromatic nitrogens is 1. The zero-order valence-electron chi connectivity index (χ0n) is 15.9. The zero-order valence-corrected chi connectivity index (χ0v) is 15.9. The van der Waals surface area contributed by atoms with Gasteiger partial charge in [-0.25, -0.2) is 4.98 Å². The summed E-state index contributed by atoms with van der Waals surface area (Å²) in [7, 11) is 0. The molecule has 0 atom stereocenters. The number of amides is 1.